The first-order valence-corrected chi connectivity index (χ1v) is 9.60. The average Bonchev–Trinajstić information content (AvgIpc) is 3.06. The van der Waals surface area contributed by atoms with Gasteiger partial charge in [-0.2, -0.15) is 0 Å². The lowest BCUT2D eigenvalue weighted by molar-refractivity contribution is -0.121. The van der Waals surface area contributed by atoms with Crippen molar-refractivity contribution in [3.63, 3.8) is 0 Å². The maximum atomic E-state index is 12.0. The Morgan fingerprint density at radius 3 is 2.46 bits per heavy atom. The zero-order valence-electron chi connectivity index (χ0n) is 13.9. The summed E-state index contributed by atoms with van der Waals surface area (Å²) < 4.78 is 30.4. The predicted molar refractivity (Wildman–Crippen MR) is 93.2 cm³/mol. The van der Waals surface area contributed by atoms with Crippen LogP contribution >= 0.6 is 0 Å². The van der Waals surface area contributed by atoms with Crippen molar-refractivity contribution in [1.82, 2.24) is 5.32 Å². The van der Waals surface area contributed by atoms with Gasteiger partial charge in [-0.3, -0.25) is 9.10 Å². The number of carbonyl (C=O) groups is 1. The predicted octanol–water partition coefficient (Wildman–Crippen LogP) is 2.31. The molecule has 2 aromatic rings. The number of aryl methyl sites for hydroxylation is 1. The van der Waals surface area contributed by atoms with E-state index in [2.05, 4.69) is 5.32 Å². The van der Waals surface area contributed by atoms with E-state index in [1.807, 2.05) is 19.1 Å². The van der Waals surface area contributed by atoms with Crippen LogP contribution in [0.25, 0.3) is 0 Å². The van der Waals surface area contributed by atoms with Gasteiger partial charge in [-0.25, -0.2) is 8.42 Å². The van der Waals surface area contributed by atoms with E-state index in [-0.39, 0.29) is 25.4 Å². The van der Waals surface area contributed by atoms with Crippen molar-refractivity contribution < 1.29 is 17.6 Å². The molecule has 0 fully saturated rings. The SMILES string of the molecule is CCc1ccc(N(CCC(=O)NCc2ccco2)S(C)(=O)=O)cc1. The van der Waals surface area contributed by atoms with E-state index in [1.165, 1.54) is 10.6 Å². The zero-order valence-corrected chi connectivity index (χ0v) is 14.7. The second-order valence-electron chi connectivity index (χ2n) is 5.46. The van der Waals surface area contributed by atoms with Crippen molar-refractivity contribution in [2.45, 2.75) is 26.3 Å². The van der Waals surface area contributed by atoms with Crippen molar-refractivity contribution in [2.24, 2.45) is 0 Å². The number of sulfonamides is 1. The normalized spacial score (nSPS) is 11.2. The molecule has 0 aliphatic carbocycles. The van der Waals surface area contributed by atoms with Crippen molar-refractivity contribution in [3.8, 4) is 0 Å². The lowest BCUT2D eigenvalue weighted by Gasteiger charge is -2.22. The summed E-state index contributed by atoms with van der Waals surface area (Å²) in [5.41, 5.74) is 1.69. The van der Waals surface area contributed by atoms with Gasteiger partial charge in [0.25, 0.3) is 0 Å². The Balaban J connectivity index is 1.97. The topological polar surface area (TPSA) is 79.6 Å². The first-order chi connectivity index (χ1) is 11.4. The summed E-state index contributed by atoms with van der Waals surface area (Å²) in [5, 5.41) is 2.71. The van der Waals surface area contributed by atoms with E-state index in [0.29, 0.717) is 11.4 Å². The lowest BCUT2D eigenvalue weighted by Crippen LogP contribution is -2.34. The van der Waals surface area contributed by atoms with Gasteiger partial charge in [0.1, 0.15) is 5.76 Å². The average molecular weight is 350 g/mol. The Morgan fingerprint density at radius 1 is 1.21 bits per heavy atom. The Bertz CT molecular complexity index is 752. The first kappa shape index (κ1) is 18.1. The minimum Gasteiger partial charge on any atom is -0.467 e. The second-order valence-corrected chi connectivity index (χ2v) is 7.37. The van der Waals surface area contributed by atoms with Gasteiger partial charge in [0.15, 0.2) is 0 Å². The Morgan fingerprint density at radius 2 is 1.92 bits per heavy atom. The Hall–Kier alpha value is -2.28. The molecule has 0 saturated carbocycles. The molecule has 0 spiro atoms. The fourth-order valence-corrected chi connectivity index (χ4v) is 3.20. The molecule has 0 unspecified atom stereocenters. The highest BCUT2D eigenvalue weighted by atomic mass is 32.2. The highest BCUT2D eigenvalue weighted by molar-refractivity contribution is 7.92. The number of nitrogens with one attached hydrogen (secondary N) is 1. The zero-order chi connectivity index (χ0) is 17.6. The summed E-state index contributed by atoms with van der Waals surface area (Å²) in [4.78, 5) is 11.9. The van der Waals surface area contributed by atoms with Gasteiger partial charge >= 0.3 is 0 Å². The van der Waals surface area contributed by atoms with E-state index in [0.717, 1.165) is 18.2 Å². The van der Waals surface area contributed by atoms with Crippen LogP contribution in [-0.4, -0.2) is 27.1 Å². The molecule has 0 aliphatic rings. The van der Waals surface area contributed by atoms with E-state index in [4.69, 9.17) is 4.42 Å². The summed E-state index contributed by atoms with van der Waals surface area (Å²) in [6.07, 6.45) is 3.63. The van der Waals surface area contributed by atoms with Gasteiger partial charge in [0.2, 0.25) is 15.9 Å². The second kappa shape index (κ2) is 8.01. The molecule has 7 heteroatoms. The van der Waals surface area contributed by atoms with Crippen LogP contribution in [0.4, 0.5) is 5.69 Å². The van der Waals surface area contributed by atoms with E-state index < -0.39 is 10.0 Å². The molecule has 1 heterocycles. The van der Waals surface area contributed by atoms with Crippen LogP contribution in [0, 0.1) is 0 Å². The summed E-state index contributed by atoms with van der Waals surface area (Å²) in [6.45, 7) is 2.41. The number of hydrogen-bond donors (Lipinski definition) is 1. The van der Waals surface area contributed by atoms with E-state index in [9.17, 15) is 13.2 Å². The van der Waals surface area contributed by atoms with Gasteiger partial charge in [-0.05, 0) is 36.2 Å². The third kappa shape index (κ3) is 5.13. The molecule has 24 heavy (non-hydrogen) atoms. The van der Waals surface area contributed by atoms with Crippen LogP contribution in [-0.2, 0) is 27.8 Å². The number of anilines is 1. The minimum absolute atomic E-state index is 0.0727. The molecule has 1 aromatic carbocycles. The third-order valence-corrected chi connectivity index (χ3v) is 4.81. The molecule has 1 N–H and O–H groups in total. The van der Waals surface area contributed by atoms with Crippen LogP contribution in [0.5, 0.6) is 0 Å². The van der Waals surface area contributed by atoms with Crippen molar-refractivity contribution in [1.29, 1.82) is 0 Å². The monoisotopic (exact) mass is 350 g/mol. The number of benzene rings is 1. The van der Waals surface area contributed by atoms with Gasteiger partial charge in [0, 0.05) is 13.0 Å². The molecular weight excluding hydrogens is 328 g/mol. The molecule has 0 aliphatic heterocycles. The van der Waals surface area contributed by atoms with Crippen LogP contribution in [0.3, 0.4) is 0 Å². The minimum atomic E-state index is -3.46. The highest BCUT2D eigenvalue weighted by Gasteiger charge is 2.18. The molecule has 1 aromatic heterocycles. The lowest BCUT2D eigenvalue weighted by atomic mass is 10.1. The van der Waals surface area contributed by atoms with Crippen LogP contribution in [0.2, 0.25) is 0 Å². The Kier molecular flexibility index (Phi) is 6.03. The number of furan rings is 1. The van der Waals surface area contributed by atoms with Crippen LogP contribution < -0.4 is 9.62 Å². The quantitative estimate of drug-likeness (QED) is 0.792. The van der Waals surface area contributed by atoms with Crippen molar-refractivity contribution in [3.05, 3.63) is 54.0 Å². The number of nitrogens with zero attached hydrogens (tertiary/aromatic N) is 1. The van der Waals surface area contributed by atoms with Crippen molar-refractivity contribution >= 4 is 21.6 Å². The molecule has 1 amide bonds. The fourth-order valence-electron chi connectivity index (χ4n) is 2.27. The molecule has 0 saturated heterocycles. The Labute approximate surface area is 142 Å². The summed E-state index contributed by atoms with van der Waals surface area (Å²) in [5.74, 6) is 0.420. The number of hydrogen-bond acceptors (Lipinski definition) is 4. The number of amides is 1. The number of carbonyl (C=O) groups excluding carboxylic acids is 1. The largest absolute Gasteiger partial charge is 0.467 e. The third-order valence-electron chi connectivity index (χ3n) is 3.61. The number of rotatable bonds is 8. The van der Waals surface area contributed by atoms with Gasteiger partial charge in [-0.15, -0.1) is 0 Å². The van der Waals surface area contributed by atoms with Crippen LogP contribution in [0.15, 0.2) is 47.1 Å². The summed E-state index contributed by atoms with van der Waals surface area (Å²) in [7, 11) is -3.46. The summed E-state index contributed by atoms with van der Waals surface area (Å²) >= 11 is 0. The van der Waals surface area contributed by atoms with Crippen LogP contribution in [0.1, 0.15) is 24.7 Å². The maximum Gasteiger partial charge on any atom is 0.232 e. The van der Waals surface area contributed by atoms with Crippen molar-refractivity contribution in [2.75, 3.05) is 17.1 Å². The van der Waals surface area contributed by atoms with E-state index in [1.54, 1.807) is 24.3 Å². The molecule has 130 valence electrons. The molecular formula is C17H22N2O4S. The van der Waals surface area contributed by atoms with Gasteiger partial charge < -0.3 is 9.73 Å². The van der Waals surface area contributed by atoms with Gasteiger partial charge in [0.05, 0.1) is 24.8 Å². The maximum absolute atomic E-state index is 12.0. The molecule has 0 bridgehead atoms. The first-order valence-electron chi connectivity index (χ1n) is 7.76. The summed E-state index contributed by atoms with van der Waals surface area (Å²) in [6, 6.07) is 10.8. The highest BCUT2D eigenvalue weighted by Crippen LogP contribution is 2.19. The molecule has 2 rings (SSSR count). The van der Waals surface area contributed by atoms with E-state index >= 15 is 0 Å². The van der Waals surface area contributed by atoms with Gasteiger partial charge in [-0.1, -0.05) is 19.1 Å². The smallest absolute Gasteiger partial charge is 0.232 e. The standard InChI is InChI=1S/C17H22N2O4S/c1-3-14-6-8-15(9-7-14)19(24(2,21)22)11-10-17(20)18-13-16-5-4-12-23-16/h4-9,12H,3,10-11,13H2,1-2H3,(H,18,20). The molecule has 6 nitrogen and oxygen atoms in total. The molecule has 0 radical (unpaired) electrons. The molecule has 0 atom stereocenters. The fraction of sp³-hybridized carbons (Fsp3) is 0.353.